The molecule has 0 bridgehead atoms. The topological polar surface area (TPSA) is 41.9 Å². The summed E-state index contributed by atoms with van der Waals surface area (Å²) in [4.78, 5) is 2.22. The average Bonchev–Trinajstić information content (AvgIpc) is 2.31. The Balaban J connectivity index is 4.32. The Morgan fingerprint density at radius 3 is 2.29 bits per heavy atom. The van der Waals surface area contributed by atoms with Gasteiger partial charge in [0, 0.05) is 39.1 Å². The predicted molar refractivity (Wildman–Crippen MR) is 70.3 cm³/mol. The van der Waals surface area contributed by atoms with Crippen LogP contribution in [0, 0.1) is 0 Å². The Labute approximate surface area is 106 Å². The molecule has 1 unspecified atom stereocenters. The molecule has 4 heteroatoms. The standard InChI is InChI=1S/C13H29NO3/c1-5-17-11-6-7-13(8-10-15,14(2)3)9-12-16-4/h15H,5-12H2,1-4H3. The zero-order valence-electron chi connectivity index (χ0n) is 11.9. The van der Waals surface area contributed by atoms with E-state index < -0.39 is 0 Å². The van der Waals surface area contributed by atoms with Crippen molar-refractivity contribution in [2.45, 2.75) is 38.1 Å². The predicted octanol–water partition coefficient (Wildman–Crippen LogP) is 1.52. The molecule has 0 rings (SSSR count). The number of ether oxygens (including phenoxy) is 2. The summed E-state index contributed by atoms with van der Waals surface area (Å²) in [5.41, 5.74) is 0.0296. The molecule has 4 nitrogen and oxygen atoms in total. The molecule has 0 fully saturated rings. The van der Waals surface area contributed by atoms with Gasteiger partial charge in [0.25, 0.3) is 0 Å². The van der Waals surface area contributed by atoms with Crippen LogP contribution in [0.5, 0.6) is 0 Å². The quantitative estimate of drug-likeness (QED) is 0.562. The summed E-state index contributed by atoms with van der Waals surface area (Å²) < 4.78 is 10.6. The lowest BCUT2D eigenvalue weighted by atomic mass is 9.85. The molecule has 0 radical (unpaired) electrons. The number of aliphatic hydroxyl groups excluding tert-OH is 1. The van der Waals surface area contributed by atoms with Gasteiger partial charge in [-0.2, -0.15) is 0 Å². The Bertz CT molecular complexity index is 176. The molecule has 0 saturated heterocycles. The van der Waals surface area contributed by atoms with Crippen LogP contribution in [0.1, 0.15) is 32.6 Å². The summed E-state index contributed by atoms with van der Waals surface area (Å²) in [6, 6.07) is 0. The lowest BCUT2D eigenvalue weighted by molar-refractivity contribution is 0.0464. The third-order valence-corrected chi connectivity index (χ3v) is 3.43. The Morgan fingerprint density at radius 2 is 1.82 bits per heavy atom. The van der Waals surface area contributed by atoms with E-state index in [9.17, 15) is 5.11 Å². The van der Waals surface area contributed by atoms with E-state index >= 15 is 0 Å². The molecule has 0 aromatic heterocycles. The molecule has 1 atom stereocenters. The summed E-state index contributed by atoms with van der Waals surface area (Å²) in [6.45, 7) is 4.53. The van der Waals surface area contributed by atoms with Crippen LogP contribution in [-0.2, 0) is 9.47 Å². The highest BCUT2D eigenvalue weighted by atomic mass is 16.5. The van der Waals surface area contributed by atoms with Crippen LogP contribution in [0.2, 0.25) is 0 Å². The van der Waals surface area contributed by atoms with Gasteiger partial charge in [0.15, 0.2) is 0 Å². The fourth-order valence-electron chi connectivity index (χ4n) is 2.19. The van der Waals surface area contributed by atoms with E-state index in [4.69, 9.17) is 9.47 Å². The molecule has 0 aromatic carbocycles. The Hall–Kier alpha value is -0.160. The first-order valence-electron chi connectivity index (χ1n) is 6.48. The molecule has 0 aliphatic heterocycles. The van der Waals surface area contributed by atoms with Crippen LogP contribution < -0.4 is 0 Å². The zero-order valence-corrected chi connectivity index (χ0v) is 11.9. The molecule has 17 heavy (non-hydrogen) atoms. The monoisotopic (exact) mass is 247 g/mol. The normalized spacial score (nSPS) is 15.2. The van der Waals surface area contributed by atoms with E-state index in [1.807, 2.05) is 6.92 Å². The molecule has 0 spiro atoms. The molecular formula is C13H29NO3. The first kappa shape index (κ1) is 16.8. The van der Waals surface area contributed by atoms with Crippen LogP contribution in [0.15, 0.2) is 0 Å². The van der Waals surface area contributed by atoms with Crippen LogP contribution >= 0.6 is 0 Å². The minimum absolute atomic E-state index is 0.0296. The second-order valence-corrected chi connectivity index (χ2v) is 4.64. The SMILES string of the molecule is CCOCCCC(CCO)(CCOC)N(C)C. The molecule has 0 aliphatic carbocycles. The highest BCUT2D eigenvalue weighted by molar-refractivity contribution is 4.87. The summed E-state index contributed by atoms with van der Waals surface area (Å²) >= 11 is 0. The minimum Gasteiger partial charge on any atom is -0.396 e. The van der Waals surface area contributed by atoms with E-state index in [1.54, 1.807) is 7.11 Å². The smallest absolute Gasteiger partial charge is 0.0479 e. The number of hydrogen-bond donors (Lipinski definition) is 1. The van der Waals surface area contributed by atoms with Gasteiger partial charge in [-0.05, 0) is 46.7 Å². The van der Waals surface area contributed by atoms with Crippen molar-refractivity contribution in [3.8, 4) is 0 Å². The number of rotatable bonds is 11. The van der Waals surface area contributed by atoms with Crippen LogP contribution in [0.25, 0.3) is 0 Å². The van der Waals surface area contributed by atoms with Crippen LogP contribution in [0.4, 0.5) is 0 Å². The number of methoxy groups -OCH3 is 1. The third kappa shape index (κ3) is 6.36. The third-order valence-electron chi connectivity index (χ3n) is 3.43. The van der Waals surface area contributed by atoms with Crippen LogP contribution in [-0.4, -0.2) is 63.2 Å². The lowest BCUT2D eigenvalue weighted by Gasteiger charge is -2.40. The summed E-state index contributed by atoms with van der Waals surface area (Å²) in [5, 5.41) is 9.25. The molecule has 0 aromatic rings. The molecule has 0 aliphatic rings. The number of nitrogens with zero attached hydrogens (tertiary/aromatic N) is 1. The van der Waals surface area contributed by atoms with Crippen molar-refractivity contribution >= 4 is 0 Å². The maximum atomic E-state index is 9.25. The molecule has 0 saturated carbocycles. The van der Waals surface area contributed by atoms with Crippen molar-refractivity contribution in [3.05, 3.63) is 0 Å². The number of hydrogen-bond acceptors (Lipinski definition) is 4. The lowest BCUT2D eigenvalue weighted by Crippen LogP contribution is -2.46. The highest BCUT2D eigenvalue weighted by Crippen LogP contribution is 2.27. The van der Waals surface area contributed by atoms with Crippen molar-refractivity contribution in [1.82, 2.24) is 4.90 Å². The molecule has 104 valence electrons. The van der Waals surface area contributed by atoms with Crippen molar-refractivity contribution in [2.24, 2.45) is 0 Å². The first-order valence-corrected chi connectivity index (χ1v) is 6.48. The highest BCUT2D eigenvalue weighted by Gasteiger charge is 2.31. The average molecular weight is 247 g/mol. The van der Waals surface area contributed by atoms with Crippen LogP contribution in [0.3, 0.4) is 0 Å². The Kier molecular flexibility index (Phi) is 9.74. The fourth-order valence-corrected chi connectivity index (χ4v) is 2.19. The van der Waals surface area contributed by atoms with E-state index in [-0.39, 0.29) is 12.1 Å². The fraction of sp³-hybridized carbons (Fsp3) is 1.00. The van der Waals surface area contributed by atoms with Crippen molar-refractivity contribution in [3.63, 3.8) is 0 Å². The maximum Gasteiger partial charge on any atom is 0.0479 e. The Morgan fingerprint density at radius 1 is 1.12 bits per heavy atom. The van der Waals surface area contributed by atoms with Crippen molar-refractivity contribution < 1.29 is 14.6 Å². The van der Waals surface area contributed by atoms with E-state index in [0.717, 1.165) is 45.5 Å². The van der Waals surface area contributed by atoms with Gasteiger partial charge in [-0.3, -0.25) is 0 Å². The van der Waals surface area contributed by atoms with Gasteiger partial charge < -0.3 is 19.5 Å². The zero-order chi connectivity index (χ0) is 13.1. The summed E-state index contributed by atoms with van der Waals surface area (Å²) in [5.74, 6) is 0. The van der Waals surface area contributed by atoms with E-state index in [0.29, 0.717) is 0 Å². The largest absolute Gasteiger partial charge is 0.396 e. The second kappa shape index (κ2) is 9.83. The van der Waals surface area contributed by atoms with Gasteiger partial charge in [0.2, 0.25) is 0 Å². The van der Waals surface area contributed by atoms with E-state index in [2.05, 4.69) is 19.0 Å². The van der Waals surface area contributed by atoms with Gasteiger partial charge in [0.05, 0.1) is 0 Å². The molecule has 0 amide bonds. The van der Waals surface area contributed by atoms with Crippen molar-refractivity contribution in [2.75, 3.05) is 47.6 Å². The van der Waals surface area contributed by atoms with Crippen molar-refractivity contribution in [1.29, 1.82) is 0 Å². The summed E-state index contributed by atoms with van der Waals surface area (Å²) in [7, 11) is 5.87. The van der Waals surface area contributed by atoms with Gasteiger partial charge in [0.1, 0.15) is 0 Å². The minimum atomic E-state index is 0.0296. The van der Waals surface area contributed by atoms with E-state index in [1.165, 1.54) is 0 Å². The van der Waals surface area contributed by atoms with Gasteiger partial charge >= 0.3 is 0 Å². The first-order chi connectivity index (χ1) is 8.13. The number of aliphatic hydroxyl groups is 1. The van der Waals surface area contributed by atoms with Gasteiger partial charge in [-0.25, -0.2) is 0 Å². The second-order valence-electron chi connectivity index (χ2n) is 4.64. The molecule has 0 heterocycles. The van der Waals surface area contributed by atoms with Gasteiger partial charge in [-0.1, -0.05) is 0 Å². The molecular weight excluding hydrogens is 218 g/mol. The summed E-state index contributed by atoms with van der Waals surface area (Å²) in [6.07, 6.45) is 3.79. The molecule has 1 N–H and O–H groups in total. The van der Waals surface area contributed by atoms with Gasteiger partial charge in [-0.15, -0.1) is 0 Å². The maximum absolute atomic E-state index is 9.25.